The standard InChI is InChI=1S/C18H25N3O2/c1-12(21(5)16-9-7-6-8-10-16)11-19-18(22)13(2)17-14(3)20-23-15(17)4/h6-10,12-13H,11H2,1-5H3,(H,19,22)/t12-,13+/m0/s1. The second kappa shape index (κ2) is 7.31. The summed E-state index contributed by atoms with van der Waals surface area (Å²) in [6.07, 6.45) is 0. The quantitative estimate of drug-likeness (QED) is 0.890. The minimum atomic E-state index is -0.268. The molecule has 5 heteroatoms. The summed E-state index contributed by atoms with van der Waals surface area (Å²) in [6, 6.07) is 10.3. The summed E-state index contributed by atoms with van der Waals surface area (Å²) in [4.78, 5) is 14.6. The van der Waals surface area contributed by atoms with E-state index < -0.39 is 0 Å². The third kappa shape index (κ3) is 3.92. The lowest BCUT2D eigenvalue weighted by Gasteiger charge is -2.27. The van der Waals surface area contributed by atoms with Crippen LogP contribution in [0.4, 0.5) is 5.69 Å². The molecule has 1 amide bonds. The zero-order chi connectivity index (χ0) is 17.0. The van der Waals surface area contributed by atoms with Gasteiger partial charge >= 0.3 is 0 Å². The summed E-state index contributed by atoms with van der Waals surface area (Å²) < 4.78 is 5.15. The predicted molar refractivity (Wildman–Crippen MR) is 91.7 cm³/mol. The van der Waals surface area contributed by atoms with Crippen molar-refractivity contribution >= 4 is 11.6 Å². The molecular weight excluding hydrogens is 290 g/mol. The van der Waals surface area contributed by atoms with Gasteiger partial charge in [0, 0.05) is 30.9 Å². The fourth-order valence-electron chi connectivity index (χ4n) is 2.70. The Kier molecular flexibility index (Phi) is 5.42. The van der Waals surface area contributed by atoms with Gasteiger partial charge in [0.25, 0.3) is 0 Å². The first kappa shape index (κ1) is 17.1. The Morgan fingerprint density at radius 1 is 1.26 bits per heavy atom. The highest BCUT2D eigenvalue weighted by Gasteiger charge is 2.23. The van der Waals surface area contributed by atoms with Crippen LogP contribution in [0, 0.1) is 13.8 Å². The highest BCUT2D eigenvalue weighted by atomic mass is 16.5. The largest absolute Gasteiger partial charge is 0.370 e. The van der Waals surface area contributed by atoms with Crippen LogP contribution >= 0.6 is 0 Å². The maximum atomic E-state index is 12.4. The number of rotatable bonds is 6. The molecule has 0 aliphatic carbocycles. The molecule has 0 spiro atoms. The maximum absolute atomic E-state index is 12.4. The van der Waals surface area contributed by atoms with Gasteiger partial charge in [0.1, 0.15) is 5.76 Å². The third-order valence-corrected chi connectivity index (χ3v) is 4.31. The van der Waals surface area contributed by atoms with Crippen LogP contribution in [0.15, 0.2) is 34.9 Å². The van der Waals surface area contributed by atoms with E-state index >= 15 is 0 Å². The molecule has 0 saturated carbocycles. The number of nitrogens with one attached hydrogen (secondary N) is 1. The molecule has 0 fully saturated rings. The third-order valence-electron chi connectivity index (χ3n) is 4.31. The van der Waals surface area contributed by atoms with Crippen LogP contribution in [-0.4, -0.2) is 30.7 Å². The average molecular weight is 315 g/mol. The number of anilines is 1. The fraction of sp³-hybridized carbons (Fsp3) is 0.444. The average Bonchev–Trinajstić information content (AvgIpc) is 2.90. The molecule has 0 aliphatic heterocycles. The second-order valence-corrected chi connectivity index (χ2v) is 6.00. The molecular formula is C18H25N3O2. The van der Waals surface area contributed by atoms with E-state index in [0.29, 0.717) is 12.3 Å². The maximum Gasteiger partial charge on any atom is 0.227 e. The van der Waals surface area contributed by atoms with E-state index in [1.807, 2.05) is 46.0 Å². The molecule has 0 aliphatic rings. The fourth-order valence-corrected chi connectivity index (χ4v) is 2.70. The zero-order valence-electron chi connectivity index (χ0n) is 14.5. The van der Waals surface area contributed by atoms with Gasteiger partial charge in [0.15, 0.2) is 0 Å². The predicted octanol–water partition coefficient (Wildman–Crippen LogP) is 3.04. The number of nitrogens with zero attached hydrogens (tertiary/aromatic N) is 2. The number of amides is 1. The van der Waals surface area contributed by atoms with Gasteiger partial charge < -0.3 is 14.7 Å². The Morgan fingerprint density at radius 2 is 1.91 bits per heavy atom. The Labute approximate surface area is 137 Å². The van der Waals surface area contributed by atoms with E-state index in [-0.39, 0.29) is 17.9 Å². The number of aryl methyl sites for hydroxylation is 2. The number of hydrogen-bond donors (Lipinski definition) is 1. The molecule has 0 bridgehead atoms. The normalized spacial score (nSPS) is 13.4. The Balaban J connectivity index is 1.93. The molecule has 1 aromatic carbocycles. The molecule has 23 heavy (non-hydrogen) atoms. The van der Waals surface area contributed by atoms with Crippen LogP contribution in [0.1, 0.15) is 36.8 Å². The smallest absolute Gasteiger partial charge is 0.227 e. The molecule has 1 N–H and O–H groups in total. The number of aromatic nitrogens is 1. The van der Waals surface area contributed by atoms with Crippen LogP contribution in [0.3, 0.4) is 0 Å². The molecule has 1 aromatic heterocycles. The van der Waals surface area contributed by atoms with Crippen molar-refractivity contribution in [3.05, 3.63) is 47.3 Å². The summed E-state index contributed by atoms with van der Waals surface area (Å²) in [7, 11) is 2.03. The monoisotopic (exact) mass is 315 g/mol. The van der Waals surface area contributed by atoms with E-state index in [1.54, 1.807) is 0 Å². The van der Waals surface area contributed by atoms with Gasteiger partial charge in [-0.05, 0) is 39.8 Å². The van der Waals surface area contributed by atoms with Crippen molar-refractivity contribution in [2.45, 2.75) is 39.7 Å². The number of carbonyl (C=O) groups is 1. The number of hydrogen-bond acceptors (Lipinski definition) is 4. The van der Waals surface area contributed by atoms with E-state index in [4.69, 9.17) is 4.52 Å². The molecule has 1 heterocycles. The van der Waals surface area contributed by atoms with Gasteiger partial charge in [0.2, 0.25) is 5.91 Å². The number of para-hydroxylation sites is 1. The van der Waals surface area contributed by atoms with Crippen molar-refractivity contribution in [3.63, 3.8) is 0 Å². The molecule has 0 radical (unpaired) electrons. The van der Waals surface area contributed by atoms with Crippen LogP contribution in [-0.2, 0) is 4.79 Å². The SMILES string of the molecule is Cc1noc(C)c1[C@@H](C)C(=O)NC[C@H](C)N(C)c1ccccc1. The van der Waals surface area contributed by atoms with Crippen molar-refractivity contribution in [2.24, 2.45) is 0 Å². The molecule has 0 saturated heterocycles. The molecule has 5 nitrogen and oxygen atoms in total. The molecule has 124 valence electrons. The van der Waals surface area contributed by atoms with Crippen LogP contribution in [0.25, 0.3) is 0 Å². The van der Waals surface area contributed by atoms with Crippen molar-refractivity contribution in [1.29, 1.82) is 0 Å². The lowest BCUT2D eigenvalue weighted by molar-refractivity contribution is -0.122. The zero-order valence-corrected chi connectivity index (χ0v) is 14.5. The van der Waals surface area contributed by atoms with Crippen LogP contribution < -0.4 is 10.2 Å². The number of carbonyl (C=O) groups excluding carboxylic acids is 1. The van der Waals surface area contributed by atoms with Gasteiger partial charge in [-0.15, -0.1) is 0 Å². The van der Waals surface area contributed by atoms with Crippen molar-refractivity contribution in [2.75, 3.05) is 18.5 Å². The first-order valence-corrected chi connectivity index (χ1v) is 7.90. The summed E-state index contributed by atoms with van der Waals surface area (Å²) in [5, 5.41) is 6.95. The van der Waals surface area contributed by atoms with Crippen molar-refractivity contribution in [1.82, 2.24) is 10.5 Å². The summed E-state index contributed by atoms with van der Waals surface area (Å²) in [6.45, 7) is 8.26. The van der Waals surface area contributed by atoms with Crippen LogP contribution in [0.5, 0.6) is 0 Å². The highest BCUT2D eigenvalue weighted by Crippen LogP contribution is 2.23. The van der Waals surface area contributed by atoms with E-state index in [2.05, 4.69) is 34.4 Å². The van der Waals surface area contributed by atoms with Gasteiger partial charge in [-0.3, -0.25) is 4.79 Å². The number of benzene rings is 1. The first-order valence-electron chi connectivity index (χ1n) is 7.90. The van der Waals surface area contributed by atoms with Gasteiger partial charge in [-0.2, -0.15) is 0 Å². The van der Waals surface area contributed by atoms with Crippen molar-refractivity contribution < 1.29 is 9.32 Å². The Morgan fingerprint density at radius 3 is 2.48 bits per heavy atom. The minimum absolute atomic E-state index is 0.00675. The number of likely N-dealkylation sites (N-methyl/N-ethyl adjacent to an activating group) is 1. The van der Waals surface area contributed by atoms with Crippen molar-refractivity contribution in [3.8, 4) is 0 Å². The summed E-state index contributed by atoms with van der Waals surface area (Å²) >= 11 is 0. The van der Waals surface area contributed by atoms with Gasteiger partial charge in [0.05, 0.1) is 11.6 Å². The van der Waals surface area contributed by atoms with E-state index in [9.17, 15) is 4.79 Å². The Hall–Kier alpha value is -2.30. The topological polar surface area (TPSA) is 58.4 Å². The lowest BCUT2D eigenvalue weighted by Crippen LogP contribution is -2.41. The van der Waals surface area contributed by atoms with E-state index in [1.165, 1.54) is 0 Å². The molecule has 0 unspecified atom stereocenters. The minimum Gasteiger partial charge on any atom is -0.370 e. The second-order valence-electron chi connectivity index (χ2n) is 6.00. The summed E-state index contributed by atoms with van der Waals surface area (Å²) in [5.74, 6) is 0.433. The highest BCUT2D eigenvalue weighted by molar-refractivity contribution is 5.83. The van der Waals surface area contributed by atoms with Gasteiger partial charge in [-0.25, -0.2) is 0 Å². The first-order chi connectivity index (χ1) is 10.9. The Bertz CT molecular complexity index is 632. The molecule has 2 aromatic rings. The van der Waals surface area contributed by atoms with Crippen LogP contribution in [0.2, 0.25) is 0 Å². The molecule has 2 rings (SSSR count). The van der Waals surface area contributed by atoms with E-state index in [0.717, 1.165) is 16.9 Å². The van der Waals surface area contributed by atoms with Gasteiger partial charge in [-0.1, -0.05) is 23.4 Å². The summed E-state index contributed by atoms with van der Waals surface area (Å²) in [5.41, 5.74) is 2.79. The molecule has 2 atom stereocenters. The lowest BCUT2D eigenvalue weighted by atomic mass is 9.98.